The fraction of sp³-hybridized carbons (Fsp3) is 0.333. The number of nitrogens with zero attached hydrogens (tertiary/aromatic N) is 8. The Labute approximate surface area is 189 Å². The molecule has 1 fully saturated rings. The van der Waals surface area contributed by atoms with E-state index in [1.54, 1.807) is 22.0 Å². The predicted octanol–water partition coefficient (Wildman–Crippen LogP) is 1.58. The molecule has 0 aliphatic carbocycles. The van der Waals surface area contributed by atoms with Gasteiger partial charge in [0.2, 0.25) is 11.9 Å². The minimum Gasteiger partial charge on any atom is -0.494 e. The van der Waals surface area contributed by atoms with E-state index in [0.717, 1.165) is 17.1 Å². The molecule has 5 rings (SSSR count). The van der Waals surface area contributed by atoms with Crippen LogP contribution >= 0.6 is 0 Å². The molecule has 0 atom stereocenters. The number of ether oxygens (including phenoxy) is 2. The largest absolute Gasteiger partial charge is 0.494 e. The molecule has 1 N–H and O–H groups in total. The van der Waals surface area contributed by atoms with Crippen molar-refractivity contribution < 1.29 is 14.3 Å². The lowest BCUT2D eigenvalue weighted by molar-refractivity contribution is -0.141. The third-order valence-corrected chi connectivity index (χ3v) is 5.30. The predicted molar refractivity (Wildman–Crippen MR) is 119 cm³/mol. The zero-order valence-corrected chi connectivity index (χ0v) is 18.2. The summed E-state index contributed by atoms with van der Waals surface area (Å²) >= 11 is 0. The highest BCUT2D eigenvalue weighted by atomic mass is 16.5. The minimum atomic E-state index is -0.0151. The third-order valence-electron chi connectivity index (χ3n) is 5.30. The quantitative estimate of drug-likeness (QED) is 0.427. The molecule has 1 saturated heterocycles. The highest BCUT2D eigenvalue weighted by Crippen LogP contribution is 2.24. The first kappa shape index (κ1) is 20.8. The molecule has 0 bridgehead atoms. The Morgan fingerprint density at radius 1 is 1.21 bits per heavy atom. The zero-order chi connectivity index (χ0) is 22.8. The van der Waals surface area contributed by atoms with Crippen LogP contribution < -0.4 is 10.1 Å². The fourth-order valence-electron chi connectivity index (χ4n) is 3.58. The summed E-state index contributed by atoms with van der Waals surface area (Å²) in [6, 6.07) is 7.70. The number of nitrogens with one attached hydrogen (secondary N) is 1. The summed E-state index contributed by atoms with van der Waals surface area (Å²) in [5, 5.41) is 15.9. The number of aromatic nitrogens is 7. The van der Waals surface area contributed by atoms with Crippen molar-refractivity contribution in [2.75, 3.05) is 38.7 Å². The van der Waals surface area contributed by atoms with E-state index in [9.17, 15) is 4.79 Å². The number of likely N-dealkylation sites (tertiary alicyclic amines) is 1. The Balaban J connectivity index is 1.29. The summed E-state index contributed by atoms with van der Waals surface area (Å²) in [7, 11) is 1.52. The van der Waals surface area contributed by atoms with Crippen LogP contribution in [0.25, 0.3) is 16.9 Å². The lowest BCUT2D eigenvalue weighted by Gasteiger charge is -2.39. The molecule has 1 aliphatic heterocycles. The minimum absolute atomic E-state index is 0.0151. The molecule has 12 nitrogen and oxygen atoms in total. The van der Waals surface area contributed by atoms with Crippen molar-refractivity contribution in [3.8, 4) is 11.4 Å². The second kappa shape index (κ2) is 8.82. The van der Waals surface area contributed by atoms with Gasteiger partial charge in [0.1, 0.15) is 12.4 Å². The molecule has 1 aromatic carbocycles. The second-order valence-electron chi connectivity index (χ2n) is 7.55. The number of anilines is 2. The number of fused-ring (bicyclic) bond motifs is 1. The summed E-state index contributed by atoms with van der Waals surface area (Å²) in [4.78, 5) is 22.5. The molecule has 33 heavy (non-hydrogen) atoms. The molecule has 0 spiro atoms. The lowest BCUT2D eigenvalue weighted by Crippen LogP contribution is -2.51. The summed E-state index contributed by atoms with van der Waals surface area (Å²) in [6.07, 6.45) is 5.20. The number of carbonyl (C=O) groups excluding carboxylic acids is 1. The molecule has 3 aromatic heterocycles. The number of methoxy groups -OCH3 is 1. The Bertz CT molecular complexity index is 1260. The maximum Gasteiger partial charge on any atom is 0.248 e. The van der Waals surface area contributed by atoms with Gasteiger partial charge >= 0.3 is 0 Å². The van der Waals surface area contributed by atoms with E-state index in [4.69, 9.17) is 9.47 Å². The molecule has 1 amide bonds. The Kier molecular flexibility index (Phi) is 5.57. The maximum absolute atomic E-state index is 11.8. The van der Waals surface area contributed by atoms with Crippen LogP contribution in [0.15, 0.2) is 42.9 Å². The van der Waals surface area contributed by atoms with E-state index < -0.39 is 0 Å². The molecule has 0 saturated carbocycles. The van der Waals surface area contributed by atoms with Crippen molar-refractivity contribution >= 4 is 28.7 Å². The van der Waals surface area contributed by atoms with Gasteiger partial charge in [0, 0.05) is 26.4 Å². The Hall–Kier alpha value is -4.06. The number of rotatable bonds is 8. The number of amides is 1. The van der Waals surface area contributed by atoms with Gasteiger partial charge in [0.05, 0.1) is 36.4 Å². The van der Waals surface area contributed by atoms with E-state index in [-0.39, 0.29) is 18.6 Å². The first-order chi connectivity index (χ1) is 16.1. The summed E-state index contributed by atoms with van der Waals surface area (Å²) < 4.78 is 13.9. The van der Waals surface area contributed by atoms with Crippen molar-refractivity contribution in [2.45, 2.75) is 13.0 Å². The highest BCUT2D eigenvalue weighted by Gasteiger charge is 2.32. The first-order valence-electron chi connectivity index (χ1n) is 10.5. The van der Waals surface area contributed by atoms with Crippen LogP contribution in [0, 0.1) is 0 Å². The SMILES string of the molecule is CCOc1ccc(-n2nnc3cnc(Nc4cnn(C5CN(C(=O)COC)C5)c4)nc32)cc1. The maximum atomic E-state index is 11.8. The van der Waals surface area contributed by atoms with Crippen LogP contribution in [0.1, 0.15) is 13.0 Å². The average molecular weight is 449 g/mol. The van der Waals surface area contributed by atoms with Crippen LogP contribution in [-0.2, 0) is 9.53 Å². The van der Waals surface area contributed by atoms with Crippen molar-refractivity contribution in [3.05, 3.63) is 42.9 Å². The van der Waals surface area contributed by atoms with Gasteiger partial charge < -0.3 is 19.7 Å². The van der Waals surface area contributed by atoms with E-state index >= 15 is 0 Å². The smallest absolute Gasteiger partial charge is 0.248 e. The van der Waals surface area contributed by atoms with Gasteiger partial charge in [0.25, 0.3) is 0 Å². The number of hydrogen-bond donors (Lipinski definition) is 1. The standard InChI is InChI=1S/C21H23N9O3/c1-3-33-17-6-4-15(5-7-17)30-20-18(26-27-30)9-22-21(25-20)24-14-8-23-29(10-14)16-11-28(12-16)19(31)13-32-2/h4-10,16H,3,11-13H2,1-2H3,(H,22,24,25). The van der Waals surface area contributed by atoms with Gasteiger partial charge in [-0.15, -0.1) is 5.10 Å². The van der Waals surface area contributed by atoms with Gasteiger partial charge in [0.15, 0.2) is 11.2 Å². The summed E-state index contributed by atoms with van der Waals surface area (Å²) in [5.41, 5.74) is 2.72. The van der Waals surface area contributed by atoms with Gasteiger partial charge in [-0.1, -0.05) is 5.21 Å². The summed E-state index contributed by atoms with van der Waals surface area (Å²) in [6.45, 7) is 3.87. The van der Waals surface area contributed by atoms with Crippen LogP contribution in [0.5, 0.6) is 5.75 Å². The summed E-state index contributed by atoms with van der Waals surface area (Å²) in [5.74, 6) is 1.18. The third kappa shape index (κ3) is 4.20. The average Bonchev–Trinajstić information content (AvgIpc) is 3.41. The van der Waals surface area contributed by atoms with Crippen molar-refractivity contribution in [1.29, 1.82) is 0 Å². The monoisotopic (exact) mass is 449 g/mol. The molecule has 170 valence electrons. The molecule has 4 heterocycles. The molecule has 4 aromatic rings. The van der Waals surface area contributed by atoms with Crippen LogP contribution in [0.4, 0.5) is 11.6 Å². The fourth-order valence-corrected chi connectivity index (χ4v) is 3.58. The zero-order valence-electron chi connectivity index (χ0n) is 18.2. The van der Waals surface area contributed by atoms with Gasteiger partial charge in [-0.05, 0) is 31.2 Å². The topological polar surface area (TPSA) is 125 Å². The van der Waals surface area contributed by atoms with E-state index in [2.05, 4.69) is 30.7 Å². The first-order valence-corrected chi connectivity index (χ1v) is 10.5. The van der Waals surface area contributed by atoms with Crippen LogP contribution in [-0.4, -0.2) is 79.0 Å². The van der Waals surface area contributed by atoms with Gasteiger partial charge in [-0.25, -0.2) is 4.98 Å². The van der Waals surface area contributed by atoms with Crippen LogP contribution in [0.2, 0.25) is 0 Å². The number of carbonyl (C=O) groups is 1. The van der Waals surface area contributed by atoms with Crippen molar-refractivity contribution in [2.24, 2.45) is 0 Å². The lowest BCUT2D eigenvalue weighted by atomic mass is 10.1. The molecule has 0 unspecified atom stereocenters. The Morgan fingerprint density at radius 3 is 2.79 bits per heavy atom. The van der Waals surface area contributed by atoms with Crippen molar-refractivity contribution in [1.82, 2.24) is 39.6 Å². The second-order valence-corrected chi connectivity index (χ2v) is 7.55. The Morgan fingerprint density at radius 2 is 2.03 bits per heavy atom. The highest BCUT2D eigenvalue weighted by molar-refractivity contribution is 5.78. The van der Waals surface area contributed by atoms with Gasteiger partial charge in [-0.3, -0.25) is 9.48 Å². The normalized spacial score (nSPS) is 13.8. The molecule has 12 heteroatoms. The van der Waals surface area contributed by atoms with E-state index in [1.165, 1.54) is 7.11 Å². The van der Waals surface area contributed by atoms with E-state index in [0.29, 0.717) is 36.8 Å². The van der Waals surface area contributed by atoms with Crippen molar-refractivity contribution in [3.63, 3.8) is 0 Å². The van der Waals surface area contributed by atoms with E-state index in [1.807, 2.05) is 42.1 Å². The van der Waals surface area contributed by atoms with Crippen LogP contribution in [0.3, 0.4) is 0 Å². The molecular weight excluding hydrogens is 426 g/mol. The molecule has 0 radical (unpaired) electrons. The molecular formula is C21H23N9O3. The number of benzene rings is 1. The van der Waals surface area contributed by atoms with Gasteiger partial charge in [-0.2, -0.15) is 14.8 Å². The number of hydrogen-bond acceptors (Lipinski definition) is 9. The molecule has 1 aliphatic rings.